The van der Waals surface area contributed by atoms with Gasteiger partial charge >= 0.3 is 0 Å². The minimum absolute atomic E-state index is 0.169. The van der Waals surface area contributed by atoms with Gasteiger partial charge in [-0.15, -0.1) is 0 Å². The Morgan fingerprint density at radius 3 is 2.79 bits per heavy atom. The van der Waals surface area contributed by atoms with Crippen molar-refractivity contribution >= 4 is 28.8 Å². The van der Waals surface area contributed by atoms with Crippen molar-refractivity contribution in [2.45, 2.75) is 0 Å². The van der Waals surface area contributed by atoms with Crippen molar-refractivity contribution in [1.29, 1.82) is 0 Å². The van der Waals surface area contributed by atoms with Crippen LogP contribution in [-0.4, -0.2) is 23.9 Å². The zero-order valence-electron chi connectivity index (χ0n) is 10.3. The molecule has 3 N–H and O–H groups in total. The van der Waals surface area contributed by atoms with Crippen LogP contribution in [0.1, 0.15) is 0 Å². The minimum Gasteiger partial charge on any atom is -0.467 e. The molecule has 0 aliphatic heterocycles. The number of hydrogen-bond donors (Lipinski definition) is 2. The van der Waals surface area contributed by atoms with E-state index in [0.29, 0.717) is 22.9 Å². The molecule has 0 bridgehead atoms. The van der Waals surface area contributed by atoms with Crippen LogP contribution in [0.15, 0.2) is 30.6 Å². The van der Waals surface area contributed by atoms with E-state index >= 15 is 0 Å². The summed E-state index contributed by atoms with van der Waals surface area (Å²) in [6, 6.07) is 5.22. The maximum absolute atomic E-state index is 5.92. The highest BCUT2D eigenvalue weighted by Gasteiger charge is 2.06. The van der Waals surface area contributed by atoms with Crippen molar-refractivity contribution in [3.05, 3.63) is 35.7 Å². The summed E-state index contributed by atoms with van der Waals surface area (Å²) >= 11 is 5.91. The van der Waals surface area contributed by atoms with Gasteiger partial charge in [0.05, 0.1) is 11.4 Å². The average molecular weight is 281 g/mol. The molecule has 1 aromatic heterocycles. The quantitative estimate of drug-likeness (QED) is 0.647. The lowest BCUT2D eigenvalue weighted by atomic mass is 10.2. The van der Waals surface area contributed by atoms with Crippen LogP contribution in [0.25, 0.3) is 0 Å². The molecule has 0 fully saturated rings. The summed E-state index contributed by atoms with van der Waals surface area (Å²) in [6.45, 7) is 0.169. The van der Waals surface area contributed by atoms with E-state index in [4.69, 9.17) is 26.8 Å². The SMILES string of the molecule is COCOc1ccc(Nc2nccnc2Cl)c(N)c1. The lowest BCUT2D eigenvalue weighted by Gasteiger charge is -2.11. The van der Waals surface area contributed by atoms with Crippen molar-refractivity contribution in [3.63, 3.8) is 0 Å². The van der Waals surface area contributed by atoms with Gasteiger partial charge in [0.1, 0.15) is 5.75 Å². The third kappa shape index (κ3) is 3.46. The van der Waals surface area contributed by atoms with Gasteiger partial charge in [0, 0.05) is 25.6 Å². The number of hydrogen-bond acceptors (Lipinski definition) is 6. The van der Waals surface area contributed by atoms with E-state index < -0.39 is 0 Å². The predicted octanol–water partition coefficient (Wildman–Crippen LogP) is 2.44. The standard InChI is InChI=1S/C12H13ClN4O2/c1-18-7-19-8-2-3-10(9(14)6-8)17-12-11(13)15-4-5-16-12/h2-6H,7,14H2,1H3,(H,16,17). The van der Waals surface area contributed by atoms with E-state index in [0.717, 1.165) is 0 Å². The molecule has 0 amide bonds. The molecule has 0 saturated heterocycles. The molecular weight excluding hydrogens is 268 g/mol. The van der Waals surface area contributed by atoms with Gasteiger partial charge in [-0.3, -0.25) is 0 Å². The third-order valence-corrected chi connectivity index (χ3v) is 2.55. The van der Waals surface area contributed by atoms with Crippen LogP contribution in [0, 0.1) is 0 Å². The number of halogens is 1. The summed E-state index contributed by atoms with van der Waals surface area (Å²) in [7, 11) is 1.55. The Labute approximate surface area is 115 Å². The van der Waals surface area contributed by atoms with Crippen LogP contribution in [0.2, 0.25) is 5.15 Å². The number of benzene rings is 1. The fourth-order valence-electron chi connectivity index (χ4n) is 1.40. The summed E-state index contributed by atoms with van der Waals surface area (Å²) in [6.07, 6.45) is 3.05. The first-order chi connectivity index (χ1) is 9.20. The largest absolute Gasteiger partial charge is 0.467 e. The molecule has 1 aromatic carbocycles. The Kier molecular flexibility index (Phi) is 4.38. The number of nitrogens with zero attached hydrogens (tertiary/aromatic N) is 2. The summed E-state index contributed by atoms with van der Waals surface area (Å²) in [5, 5.41) is 3.29. The first-order valence-corrected chi connectivity index (χ1v) is 5.83. The number of nitrogen functional groups attached to an aromatic ring is 1. The molecule has 6 nitrogen and oxygen atoms in total. The topological polar surface area (TPSA) is 82.3 Å². The normalized spacial score (nSPS) is 10.2. The molecule has 0 saturated carbocycles. The van der Waals surface area contributed by atoms with Crippen molar-refractivity contribution in [2.75, 3.05) is 25.0 Å². The number of rotatable bonds is 5. The number of nitrogens with two attached hydrogens (primary N) is 1. The molecular formula is C12H13ClN4O2. The summed E-state index contributed by atoms with van der Waals surface area (Å²) in [5.74, 6) is 1.07. The highest BCUT2D eigenvalue weighted by Crippen LogP contribution is 2.28. The lowest BCUT2D eigenvalue weighted by Crippen LogP contribution is -2.02. The highest BCUT2D eigenvalue weighted by atomic mass is 35.5. The Morgan fingerprint density at radius 2 is 2.11 bits per heavy atom. The van der Waals surface area contributed by atoms with Crippen LogP contribution in [0.3, 0.4) is 0 Å². The molecule has 0 atom stereocenters. The van der Waals surface area contributed by atoms with Gasteiger partial charge in [-0.2, -0.15) is 0 Å². The van der Waals surface area contributed by atoms with Crippen molar-refractivity contribution in [3.8, 4) is 5.75 Å². The fourth-order valence-corrected chi connectivity index (χ4v) is 1.56. The molecule has 0 spiro atoms. The van der Waals surface area contributed by atoms with E-state index in [-0.39, 0.29) is 11.9 Å². The van der Waals surface area contributed by atoms with Gasteiger partial charge in [-0.25, -0.2) is 9.97 Å². The van der Waals surface area contributed by atoms with Crippen molar-refractivity contribution in [2.24, 2.45) is 0 Å². The van der Waals surface area contributed by atoms with E-state index in [1.807, 2.05) is 0 Å². The van der Waals surface area contributed by atoms with Crippen LogP contribution in [0.4, 0.5) is 17.2 Å². The van der Waals surface area contributed by atoms with Crippen LogP contribution < -0.4 is 15.8 Å². The van der Waals surface area contributed by atoms with E-state index in [1.165, 1.54) is 6.20 Å². The summed E-state index contributed by atoms with van der Waals surface area (Å²) < 4.78 is 10.1. The van der Waals surface area contributed by atoms with E-state index in [9.17, 15) is 0 Å². The van der Waals surface area contributed by atoms with Gasteiger partial charge in [0.25, 0.3) is 0 Å². The lowest BCUT2D eigenvalue weighted by molar-refractivity contribution is 0.0512. The molecule has 0 radical (unpaired) electrons. The van der Waals surface area contributed by atoms with Gasteiger partial charge in [0.15, 0.2) is 17.8 Å². The van der Waals surface area contributed by atoms with Crippen LogP contribution in [-0.2, 0) is 4.74 Å². The number of aromatic nitrogens is 2. The Balaban J connectivity index is 2.15. The molecule has 0 aliphatic carbocycles. The molecule has 100 valence electrons. The van der Waals surface area contributed by atoms with Gasteiger partial charge in [-0.1, -0.05) is 11.6 Å². The summed E-state index contributed by atoms with van der Waals surface area (Å²) in [4.78, 5) is 8.00. The van der Waals surface area contributed by atoms with E-state index in [1.54, 1.807) is 31.5 Å². The number of ether oxygens (including phenoxy) is 2. The average Bonchev–Trinajstić information content (AvgIpc) is 2.41. The molecule has 0 unspecified atom stereocenters. The molecule has 19 heavy (non-hydrogen) atoms. The van der Waals surface area contributed by atoms with Gasteiger partial charge in [-0.05, 0) is 12.1 Å². The van der Waals surface area contributed by atoms with E-state index in [2.05, 4.69) is 15.3 Å². The predicted molar refractivity (Wildman–Crippen MR) is 73.7 cm³/mol. The van der Waals surface area contributed by atoms with Gasteiger partial charge < -0.3 is 20.5 Å². The van der Waals surface area contributed by atoms with Crippen molar-refractivity contribution < 1.29 is 9.47 Å². The monoisotopic (exact) mass is 280 g/mol. The van der Waals surface area contributed by atoms with Crippen molar-refractivity contribution in [1.82, 2.24) is 9.97 Å². The molecule has 7 heteroatoms. The highest BCUT2D eigenvalue weighted by molar-refractivity contribution is 6.31. The second kappa shape index (κ2) is 6.21. The first-order valence-electron chi connectivity index (χ1n) is 5.45. The molecule has 0 aliphatic rings. The van der Waals surface area contributed by atoms with Crippen LogP contribution >= 0.6 is 11.6 Å². The number of anilines is 3. The first kappa shape index (κ1) is 13.4. The zero-order chi connectivity index (χ0) is 13.7. The smallest absolute Gasteiger partial charge is 0.188 e. The van der Waals surface area contributed by atoms with Gasteiger partial charge in [0.2, 0.25) is 0 Å². The molecule has 2 rings (SSSR count). The maximum atomic E-state index is 5.92. The fraction of sp³-hybridized carbons (Fsp3) is 0.167. The number of nitrogens with one attached hydrogen (secondary N) is 1. The van der Waals surface area contributed by atoms with Crippen LogP contribution in [0.5, 0.6) is 5.75 Å². The zero-order valence-corrected chi connectivity index (χ0v) is 11.0. The second-order valence-corrected chi connectivity index (χ2v) is 3.98. The Morgan fingerprint density at radius 1 is 1.32 bits per heavy atom. The maximum Gasteiger partial charge on any atom is 0.188 e. The summed E-state index contributed by atoms with van der Waals surface area (Å²) in [5.41, 5.74) is 7.10. The number of methoxy groups -OCH3 is 1. The second-order valence-electron chi connectivity index (χ2n) is 3.62. The molecule has 2 aromatic rings. The molecule has 1 heterocycles. The Bertz CT molecular complexity index is 565. The third-order valence-electron chi connectivity index (χ3n) is 2.27. The Hall–Kier alpha value is -2.05. The minimum atomic E-state index is 0.169.